The van der Waals surface area contributed by atoms with E-state index in [1.807, 2.05) is 19.9 Å². The van der Waals surface area contributed by atoms with Gasteiger partial charge in [0.05, 0.1) is 11.7 Å². The minimum absolute atomic E-state index is 0.0596. The molecular formula is C11H12FNO. The highest BCUT2D eigenvalue weighted by atomic mass is 19.1. The van der Waals surface area contributed by atoms with Crippen LogP contribution in [-0.4, -0.2) is 6.10 Å². The van der Waals surface area contributed by atoms with Crippen LogP contribution in [0.4, 0.5) is 4.39 Å². The number of rotatable bonds is 3. The molecule has 0 bridgehead atoms. The van der Waals surface area contributed by atoms with Crippen molar-refractivity contribution in [1.82, 2.24) is 0 Å². The zero-order chi connectivity index (χ0) is 10.6. The summed E-state index contributed by atoms with van der Waals surface area (Å²) in [5.41, 5.74) is 0.241. The number of nitriles is 1. The Kier molecular flexibility index (Phi) is 3.47. The summed E-state index contributed by atoms with van der Waals surface area (Å²) >= 11 is 0. The average Bonchev–Trinajstić information content (AvgIpc) is 2.20. The van der Waals surface area contributed by atoms with E-state index in [0.717, 1.165) is 6.42 Å². The molecule has 1 aromatic carbocycles. The molecule has 1 unspecified atom stereocenters. The molecular weight excluding hydrogens is 181 g/mol. The van der Waals surface area contributed by atoms with Crippen molar-refractivity contribution in [2.75, 3.05) is 0 Å². The van der Waals surface area contributed by atoms with Crippen molar-refractivity contribution in [3.8, 4) is 11.8 Å². The van der Waals surface area contributed by atoms with Crippen molar-refractivity contribution in [1.29, 1.82) is 5.26 Å². The summed E-state index contributed by atoms with van der Waals surface area (Å²) < 4.78 is 18.6. The number of benzene rings is 1. The molecule has 0 spiro atoms. The topological polar surface area (TPSA) is 33.0 Å². The Balaban J connectivity index is 3.00. The number of para-hydroxylation sites is 1. The van der Waals surface area contributed by atoms with Crippen LogP contribution in [0, 0.1) is 17.1 Å². The van der Waals surface area contributed by atoms with E-state index in [-0.39, 0.29) is 17.4 Å². The molecule has 1 atom stereocenters. The second-order valence-electron chi connectivity index (χ2n) is 3.07. The van der Waals surface area contributed by atoms with Gasteiger partial charge in [-0.15, -0.1) is 0 Å². The first kappa shape index (κ1) is 10.5. The molecule has 1 aromatic rings. The molecule has 0 saturated carbocycles. The Hall–Kier alpha value is -1.56. The van der Waals surface area contributed by atoms with Crippen LogP contribution in [0.3, 0.4) is 0 Å². The fourth-order valence-electron chi connectivity index (χ4n) is 1.00. The van der Waals surface area contributed by atoms with Gasteiger partial charge in [0.25, 0.3) is 0 Å². The van der Waals surface area contributed by atoms with Gasteiger partial charge >= 0.3 is 0 Å². The number of ether oxygens (including phenoxy) is 1. The maximum atomic E-state index is 13.3. The summed E-state index contributed by atoms with van der Waals surface area (Å²) in [5, 5.41) is 8.73. The van der Waals surface area contributed by atoms with Gasteiger partial charge < -0.3 is 4.74 Å². The van der Waals surface area contributed by atoms with Crippen LogP contribution in [0.1, 0.15) is 25.8 Å². The number of hydrogen-bond donors (Lipinski definition) is 0. The van der Waals surface area contributed by atoms with E-state index in [0.29, 0.717) is 0 Å². The van der Waals surface area contributed by atoms with Crippen molar-refractivity contribution in [3.63, 3.8) is 0 Å². The van der Waals surface area contributed by atoms with Gasteiger partial charge in [-0.05, 0) is 25.5 Å². The third-order valence-corrected chi connectivity index (χ3v) is 1.98. The van der Waals surface area contributed by atoms with Gasteiger partial charge in [-0.25, -0.2) is 4.39 Å². The highest BCUT2D eigenvalue weighted by molar-refractivity contribution is 5.43. The second-order valence-corrected chi connectivity index (χ2v) is 3.07. The molecule has 0 saturated heterocycles. The predicted molar refractivity (Wildman–Crippen MR) is 51.5 cm³/mol. The van der Waals surface area contributed by atoms with Gasteiger partial charge in [0.2, 0.25) is 0 Å². The molecule has 0 fully saturated rings. The molecule has 1 rings (SSSR count). The van der Waals surface area contributed by atoms with Crippen LogP contribution in [0.2, 0.25) is 0 Å². The van der Waals surface area contributed by atoms with Crippen molar-refractivity contribution in [2.45, 2.75) is 26.4 Å². The molecule has 0 aromatic heterocycles. The van der Waals surface area contributed by atoms with Gasteiger partial charge in [0, 0.05) is 0 Å². The normalized spacial score (nSPS) is 11.9. The van der Waals surface area contributed by atoms with Crippen LogP contribution in [0.25, 0.3) is 0 Å². The molecule has 2 nitrogen and oxygen atoms in total. The monoisotopic (exact) mass is 193 g/mol. The predicted octanol–water partition coefficient (Wildman–Crippen LogP) is 2.87. The summed E-state index contributed by atoms with van der Waals surface area (Å²) in [6.45, 7) is 3.78. The molecule has 3 heteroatoms. The molecule has 0 aliphatic carbocycles. The van der Waals surface area contributed by atoms with Crippen LogP contribution in [-0.2, 0) is 0 Å². The van der Waals surface area contributed by atoms with Crippen LogP contribution < -0.4 is 4.74 Å². The van der Waals surface area contributed by atoms with Crippen molar-refractivity contribution in [3.05, 3.63) is 29.6 Å². The Morgan fingerprint density at radius 2 is 2.29 bits per heavy atom. The van der Waals surface area contributed by atoms with Crippen molar-refractivity contribution >= 4 is 0 Å². The molecule has 0 aliphatic heterocycles. The van der Waals surface area contributed by atoms with Crippen molar-refractivity contribution < 1.29 is 9.13 Å². The molecule has 0 radical (unpaired) electrons. The van der Waals surface area contributed by atoms with E-state index in [9.17, 15) is 4.39 Å². The van der Waals surface area contributed by atoms with E-state index >= 15 is 0 Å². The SMILES string of the molecule is CCC(C)Oc1c(F)cccc1C#N. The molecule has 0 amide bonds. The first-order valence-electron chi connectivity index (χ1n) is 4.54. The summed E-state index contributed by atoms with van der Waals surface area (Å²) in [6, 6.07) is 6.23. The zero-order valence-corrected chi connectivity index (χ0v) is 8.25. The van der Waals surface area contributed by atoms with E-state index in [4.69, 9.17) is 10.00 Å². The fourth-order valence-corrected chi connectivity index (χ4v) is 1.00. The number of hydrogen-bond acceptors (Lipinski definition) is 2. The Bertz CT molecular complexity index is 357. The zero-order valence-electron chi connectivity index (χ0n) is 8.25. The summed E-state index contributed by atoms with van der Waals surface area (Å²) in [6.07, 6.45) is 0.693. The largest absolute Gasteiger partial charge is 0.486 e. The summed E-state index contributed by atoms with van der Waals surface area (Å²) in [5.74, 6) is -0.422. The van der Waals surface area contributed by atoms with E-state index in [1.54, 1.807) is 6.07 Å². The van der Waals surface area contributed by atoms with Crippen molar-refractivity contribution in [2.24, 2.45) is 0 Å². The van der Waals surface area contributed by atoms with Gasteiger partial charge in [0.1, 0.15) is 6.07 Å². The van der Waals surface area contributed by atoms with Gasteiger partial charge in [-0.3, -0.25) is 0 Å². The lowest BCUT2D eigenvalue weighted by atomic mass is 10.2. The minimum Gasteiger partial charge on any atom is -0.486 e. The highest BCUT2D eigenvalue weighted by Crippen LogP contribution is 2.23. The molecule has 0 aliphatic rings. The number of halogens is 1. The molecule has 74 valence electrons. The lowest BCUT2D eigenvalue weighted by molar-refractivity contribution is 0.207. The van der Waals surface area contributed by atoms with Crippen LogP contribution >= 0.6 is 0 Å². The highest BCUT2D eigenvalue weighted by Gasteiger charge is 2.11. The van der Waals surface area contributed by atoms with Gasteiger partial charge in [-0.1, -0.05) is 13.0 Å². The standard InChI is InChI=1S/C11H12FNO/c1-3-8(2)14-11-9(7-13)5-4-6-10(11)12/h4-6,8H,3H2,1-2H3. The fraction of sp³-hybridized carbons (Fsp3) is 0.364. The third-order valence-electron chi connectivity index (χ3n) is 1.98. The first-order valence-corrected chi connectivity index (χ1v) is 4.54. The quantitative estimate of drug-likeness (QED) is 0.739. The Labute approximate surface area is 82.9 Å². The number of nitrogens with zero attached hydrogens (tertiary/aromatic N) is 1. The van der Waals surface area contributed by atoms with Gasteiger partial charge in [0.15, 0.2) is 11.6 Å². The third kappa shape index (κ3) is 2.23. The van der Waals surface area contributed by atoms with Crippen LogP contribution in [0.5, 0.6) is 5.75 Å². The van der Waals surface area contributed by atoms with E-state index in [1.165, 1.54) is 12.1 Å². The van der Waals surface area contributed by atoms with Crippen LogP contribution in [0.15, 0.2) is 18.2 Å². The molecule has 0 heterocycles. The Morgan fingerprint density at radius 3 is 2.86 bits per heavy atom. The maximum Gasteiger partial charge on any atom is 0.173 e. The lowest BCUT2D eigenvalue weighted by Crippen LogP contribution is -2.11. The van der Waals surface area contributed by atoms with E-state index in [2.05, 4.69) is 0 Å². The Morgan fingerprint density at radius 1 is 1.57 bits per heavy atom. The average molecular weight is 193 g/mol. The van der Waals surface area contributed by atoms with Gasteiger partial charge in [-0.2, -0.15) is 5.26 Å². The summed E-state index contributed by atoms with van der Waals surface area (Å²) in [4.78, 5) is 0. The second kappa shape index (κ2) is 4.61. The smallest absolute Gasteiger partial charge is 0.173 e. The maximum absolute atomic E-state index is 13.3. The van der Waals surface area contributed by atoms with E-state index < -0.39 is 5.82 Å². The molecule has 14 heavy (non-hydrogen) atoms. The first-order chi connectivity index (χ1) is 6.69. The molecule has 0 N–H and O–H groups in total. The lowest BCUT2D eigenvalue weighted by Gasteiger charge is -2.13. The minimum atomic E-state index is -0.482. The summed E-state index contributed by atoms with van der Waals surface area (Å²) in [7, 11) is 0.